The third-order valence-electron chi connectivity index (χ3n) is 4.56. The number of rotatable bonds is 2. The first-order chi connectivity index (χ1) is 11.6. The van der Waals surface area contributed by atoms with E-state index in [-0.39, 0.29) is 5.82 Å². The fourth-order valence-corrected chi connectivity index (χ4v) is 3.41. The number of nitrogens with one attached hydrogen (secondary N) is 2. The Morgan fingerprint density at radius 3 is 2.83 bits per heavy atom. The summed E-state index contributed by atoms with van der Waals surface area (Å²) < 4.78 is 15.2. The first-order valence-corrected chi connectivity index (χ1v) is 8.23. The molecule has 124 valence electrons. The molecule has 1 atom stereocenters. The van der Waals surface area contributed by atoms with E-state index in [0.717, 1.165) is 47.7 Å². The van der Waals surface area contributed by atoms with Gasteiger partial charge in [-0.2, -0.15) is 0 Å². The number of nitrogens with zero attached hydrogens (tertiary/aromatic N) is 3. The van der Waals surface area contributed by atoms with Crippen molar-refractivity contribution in [1.29, 1.82) is 0 Å². The number of benzene rings is 1. The highest BCUT2D eigenvalue weighted by molar-refractivity contribution is 5.90. The van der Waals surface area contributed by atoms with Crippen molar-refractivity contribution in [3.05, 3.63) is 42.5 Å². The maximum absolute atomic E-state index is 13.2. The SMILES string of the molecule is CC1CN(c2c3cc(-c4ccc(F)cc4)[nH]c3nc[n+]2C)CCN1. The summed E-state index contributed by atoms with van der Waals surface area (Å²) in [7, 11) is 2.03. The first-order valence-electron chi connectivity index (χ1n) is 8.23. The molecule has 0 aliphatic carbocycles. The molecular weight excluding hydrogens is 305 g/mol. The van der Waals surface area contributed by atoms with Crippen molar-refractivity contribution in [3.8, 4) is 11.3 Å². The molecule has 0 spiro atoms. The predicted molar refractivity (Wildman–Crippen MR) is 92.3 cm³/mol. The minimum atomic E-state index is -0.227. The summed E-state index contributed by atoms with van der Waals surface area (Å²) in [6.45, 7) is 5.10. The molecule has 6 heteroatoms. The van der Waals surface area contributed by atoms with E-state index in [1.165, 1.54) is 12.1 Å². The quantitative estimate of drug-likeness (QED) is 0.708. The van der Waals surface area contributed by atoms with Crippen LogP contribution >= 0.6 is 0 Å². The molecule has 0 bridgehead atoms. The number of aromatic amines is 1. The van der Waals surface area contributed by atoms with Crippen LogP contribution in [0.1, 0.15) is 6.92 Å². The zero-order chi connectivity index (χ0) is 16.7. The number of aryl methyl sites for hydroxylation is 1. The average Bonchev–Trinajstić information content (AvgIpc) is 2.99. The molecule has 5 nitrogen and oxygen atoms in total. The van der Waals surface area contributed by atoms with Crippen LogP contribution in [0.2, 0.25) is 0 Å². The van der Waals surface area contributed by atoms with E-state index >= 15 is 0 Å². The van der Waals surface area contributed by atoms with Gasteiger partial charge in [0.25, 0.3) is 0 Å². The molecule has 0 saturated carbocycles. The maximum Gasteiger partial charge on any atom is 0.236 e. The monoisotopic (exact) mass is 326 g/mol. The normalized spacial score (nSPS) is 18.3. The summed E-state index contributed by atoms with van der Waals surface area (Å²) in [6, 6.07) is 9.09. The van der Waals surface area contributed by atoms with Crippen molar-refractivity contribution in [2.75, 3.05) is 24.5 Å². The number of anilines is 1. The lowest BCUT2D eigenvalue weighted by molar-refractivity contribution is -0.660. The number of halogens is 1. The van der Waals surface area contributed by atoms with Gasteiger partial charge in [-0.25, -0.2) is 8.96 Å². The number of aromatic nitrogens is 3. The third kappa shape index (κ3) is 2.63. The Balaban J connectivity index is 1.81. The van der Waals surface area contributed by atoms with E-state index in [2.05, 4.69) is 37.7 Å². The summed E-state index contributed by atoms with van der Waals surface area (Å²) >= 11 is 0. The number of hydrogen-bond acceptors (Lipinski definition) is 3. The smallest absolute Gasteiger partial charge is 0.236 e. The predicted octanol–water partition coefficient (Wildman–Crippen LogP) is 1.99. The maximum atomic E-state index is 13.2. The van der Waals surface area contributed by atoms with E-state index in [0.29, 0.717) is 6.04 Å². The second-order valence-corrected chi connectivity index (χ2v) is 6.43. The summed E-state index contributed by atoms with van der Waals surface area (Å²) in [6.07, 6.45) is 1.84. The highest BCUT2D eigenvalue weighted by Gasteiger charge is 2.26. The van der Waals surface area contributed by atoms with Gasteiger partial charge in [0.1, 0.15) is 11.2 Å². The number of piperazine rings is 1. The lowest BCUT2D eigenvalue weighted by Gasteiger charge is -2.30. The van der Waals surface area contributed by atoms with Crippen molar-refractivity contribution in [1.82, 2.24) is 15.3 Å². The van der Waals surface area contributed by atoms with Gasteiger partial charge < -0.3 is 10.3 Å². The molecule has 0 radical (unpaired) electrons. The van der Waals surface area contributed by atoms with Crippen molar-refractivity contribution in [2.24, 2.45) is 7.05 Å². The van der Waals surface area contributed by atoms with E-state index in [1.54, 1.807) is 12.1 Å². The van der Waals surface area contributed by atoms with Gasteiger partial charge in [0.2, 0.25) is 17.8 Å². The lowest BCUT2D eigenvalue weighted by Crippen LogP contribution is -2.53. The van der Waals surface area contributed by atoms with Crippen LogP contribution in [0.5, 0.6) is 0 Å². The van der Waals surface area contributed by atoms with Gasteiger partial charge in [-0.15, -0.1) is 0 Å². The first kappa shape index (κ1) is 15.1. The Morgan fingerprint density at radius 2 is 2.08 bits per heavy atom. The van der Waals surface area contributed by atoms with Gasteiger partial charge in [-0.05, 0) is 42.8 Å². The zero-order valence-electron chi connectivity index (χ0n) is 13.9. The largest absolute Gasteiger partial charge is 0.325 e. The summed E-state index contributed by atoms with van der Waals surface area (Å²) in [5.74, 6) is 0.938. The van der Waals surface area contributed by atoms with E-state index < -0.39 is 0 Å². The fourth-order valence-electron chi connectivity index (χ4n) is 3.41. The van der Waals surface area contributed by atoms with Crippen LogP contribution in [0.25, 0.3) is 22.3 Å². The number of hydrogen-bond donors (Lipinski definition) is 2. The Kier molecular flexibility index (Phi) is 3.69. The van der Waals surface area contributed by atoms with Crippen LogP contribution in [-0.2, 0) is 7.05 Å². The third-order valence-corrected chi connectivity index (χ3v) is 4.56. The van der Waals surface area contributed by atoms with Gasteiger partial charge >= 0.3 is 0 Å². The molecule has 3 aromatic rings. The van der Waals surface area contributed by atoms with Crippen molar-refractivity contribution in [2.45, 2.75) is 13.0 Å². The van der Waals surface area contributed by atoms with E-state index in [9.17, 15) is 4.39 Å². The van der Waals surface area contributed by atoms with E-state index in [1.807, 2.05) is 13.4 Å². The molecule has 2 aromatic heterocycles. The van der Waals surface area contributed by atoms with Gasteiger partial charge in [-0.3, -0.25) is 4.90 Å². The highest BCUT2D eigenvalue weighted by atomic mass is 19.1. The van der Waals surface area contributed by atoms with Crippen LogP contribution < -0.4 is 14.8 Å². The fraction of sp³-hybridized carbons (Fsp3) is 0.333. The minimum Gasteiger partial charge on any atom is -0.325 e. The Hall–Kier alpha value is -2.47. The highest BCUT2D eigenvalue weighted by Crippen LogP contribution is 2.28. The van der Waals surface area contributed by atoms with Gasteiger partial charge in [0.05, 0.1) is 20.1 Å². The van der Waals surface area contributed by atoms with E-state index in [4.69, 9.17) is 0 Å². The molecule has 1 aliphatic rings. The molecule has 24 heavy (non-hydrogen) atoms. The molecule has 3 heterocycles. The zero-order valence-corrected chi connectivity index (χ0v) is 13.9. The molecule has 1 unspecified atom stereocenters. The molecule has 0 amide bonds. The van der Waals surface area contributed by atoms with Crippen LogP contribution in [-0.4, -0.2) is 35.6 Å². The number of H-pyrrole nitrogens is 1. The molecule has 1 aliphatic heterocycles. The van der Waals surface area contributed by atoms with Gasteiger partial charge in [0, 0.05) is 18.3 Å². The van der Waals surface area contributed by atoms with Crippen LogP contribution in [0, 0.1) is 5.82 Å². The topological polar surface area (TPSA) is 47.8 Å². The summed E-state index contributed by atoms with van der Waals surface area (Å²) in [5.41, 5.74) is 2.76. The molecule has 2 N–H and O–H groups in total. The van der Waals surface area contributed by atoms with Gasteiger partial charge in [0.15, 0.2) is 0 Å². The Labute approximate surface area is 140 Å². The number of fused-ring (bicyclic) bond motifs is 1. The average molecular weight is 326 g/mol. The lowest BCUT2D eigenvalue weighted by atomic mass is 10.1. The van der Waals surface area contributed by atoms with Crippen molar-refractivity contribution in [3.63, 3.8) is 0 Å². The summed E-state index contributed by atoms with van der Waals surface area (Å²) in [5, 5.41) is 4.57. The molecule has 1 fully saturated rings. The van der Waals surface area contributed by atoms with Crippen LogP contribution in [0.4, 0.5) is 10.2 Å². The molecule has 1 saturated heterocycles. The van der Waals surface area contributed by atoms with Crippen molar-refractivity contribution < 1.29 is 8.96 Å². The second-order valence-electron chi connectivity index (χ2n) is 6.43. The van der Waals surface area contributed by atoms with Crippen LogP contribution in [0.3, 0.4) is 0 Å². The standard InChI is InChI=1S/C18H20FN5/c1-12-10-24(8-7-20-12)18-15-9-16(13-3-5-14(19)6-4-13)22-17(15)21-11-23(18)2/h3-6,9,11-12,20H,7-8,10H2,1-2H3/p+1. The molecular formula is C18H21FN5+. The molecule has 1 aromatic carbocycles. The Bertz CT molecular complexity index is 871. The van der Waals surface area contributed by atoms with Crippen LogP contribution in [0.15, 0.2) is 36.7 Å². The molecule has 4 rings (SSSR count). The second kappa shape index (κ2) is 5.87. The summed E-state index contributed by atoms with van der Waals surface area (Å²) in [4.78, 5) is 10.3. The minimum absolute atomic E-state index is 0.227. The van der Waals surface area contributed by atoms with Gasteiger partial charge in [-0.1, -0.05) is 4.98 Å². The Morgan fingerprint density at radius 1 is 1.29 bits per heavy atom. The van der Waals surface area contributed by atoms with Crippen molar-refractivity contribution >= 4 is 16.9 Å².